The highest BCUT2D eigenvalue weighted by Gasteiger charge is 2.52. The third-order valence-electron chi connectivity index (χ3n) is 5.12. The Morgan fingerprint density at radius 3 is 2.32 bits per heavy atom. The molecular weight excluding hydrogens is 396 g/mol. The highest BCUT2D eigenvalue weighted by Crippen LogP contribution is 2.34. The third-order valence-corrected chi connectivity index (χ3v) is 5.12. The van der Waals surface area contributed by atoms with Crippen molar-refractivity contribution in [3.8, 4) is 0 Å². The van der Waals surface area contributed by atoms with Crippen LogP contribution in [0.25, 0.3) is 0 Å². The van der Waals surface area contributed by atoms with E-state index in [2.05, 4.69) is 16.0 Å². The van der Waals surface area contributed by atoms with Crippen LogP contribution in [0.5, 0.6) is 0 Å². The van der Waals surface area contributed by atoms with Gasteiger partial charge in [-0.2, -0.15) is 0 Å². The number of hydrogen-bond acceptors (Lipinski definition) is 4. The number of urea groups is 1. The summed E-state index contributed by atoms with van der Waals surface area (Å²) in [4.78, 5) is 50.7. The molecule has 1 atom stereocenters. The van der Waals surface area contributed by atoms with E-state index in [0.29, 0.717) is 23.4 Å². The fraction of sp³-hybridized carbons (Fsp3) is 0.304. The largest absolute Gasteiger partial charge is 0.326 e. The van der Waals surface area contributed by atoms with Crippen molar-refractivity contribution in [1.29, 1.82) is 0 Å². The lowest BCUT2D eigenvalue weighted by Gasteiger charge is -2.27. The van der Waals surface area contributed by atoms with Gasteiger partial charge in [0.15, 0.2) is 0 Å². The van der Waals surface area contributed by atoms with Gasteiger partial charge in [0.05, 0.1) is 0 Å². The number of hydrogen-bond donors (Lipinski definition) is 3. The van der Waals surface area contributed by atoms with Crippen molar-refractivity contribution in [3.05, 3.63) is 60.2 Å². The van der Waals surface area contributed by atoms with E-state index in [0.717, 1.165) is 17.7 Å². The second kappa shape index (κ2) is 9.42. The molecule has 1 aliphatic rings. The van der Waals surface area contributed by atoms with Gasteiger partial charge in [0.25, 0.3) is 5.91 Å². The third kappa shape index (κ3) is 4.91. The van der Waals surface area contributed by atoms with Crippen LogP contribution in [0.2, 0.25) is 0 Å². The minimum atomic E-state index is -1.17. The maximum Gasteiger partial charge on any atom is 0.325 e. The van der Waals surface area contributed by atoms with Crippen molar-refractivity contribution in [3.63, 3.8) is 0 Å². The minimum absolute atomic E-state index is 0.229. The summed E-state index contributed by atoms with van der Waals surface area (Å²) in [6.07, 6.45) is 2.06. The highest BCUT2D eigenvalue weighted by atomic mass is 16.2. The highest BCUT2D eigenvalue weighted by molar-refractivity contribution is 6.10. The molecule has 1 heterocycles. The Hall–Kier alpha value is -3.68. The smallest absolute Gasteiger partial charge is 0.325 e. The van der Waals surface area contributed by atoms with Crippen LogP contribution in [0.15, 0.2) is 54.6 Å². The van der Waals surface area contributed by atoms with Crippen LogP contribution in [-0.2, 0) is 19.9 Å². The van der Waals surface area contributed by atoms with Crippen molar-refractivity contribution < 1.29 is 19.2 Å². The molecule has 0 spiro atoms. The molecule has 162 valence electrons. The van der Waals surface area contributed by atoms with Crippen molar-refractivity contribution in [2.45, 2.75) is 38.6 Å². The Morgan fingerprint density at radius 2 is 1.68 bits per heavy atom. The lowest BCUT2D eigenvalue weighted by molar-refractivity contribution is -0.134. The average Bonchev–Trinajstić information content (AvgIpc) is 2.97. The van der Waals surface area contributed by atoms with E-state index >= 15 is 0 Å². The van der Waals surface area contributed by atoms with E-state index in [1.807, 2.05) is 37.3 Å². The molecule has 0 saturated carbocycles. The SMILES string of the molecule is CCCC[C@]1(c2ccccc2)NC(=O)N(CC(=O)Nc2cccc(NC(C)=O)c2)C1=O. The summed E-state index contributed by atoms with van der Waals surface area (Å²) in [6, 6.07) is 15.1. The molecule has 8 nitrogen and oxygen atoms in total. The molecule has 31 heavy (non-hydrogen) atoms. The topological polar surface area (TPSA) is 108 Å². The summed E-state index contributed by atoms with van der Waals surface area (Å²) < 4.78 is 0. The first-order valence-electron chi connectivity index (χ1n) is 10.2. The van der Waals surface area contributed by atoms with Gasteiger partial charge in [0.2, 0.25) is 11.8 Å². The van der Waals surface area contributed by atoms with Gasteiger partial charge in [-0.05, 0) is 30.2 Å². The summed E-state index contributed by atoms with van der Waals surface area (Å²) in [5, 5.41) is 8.13. The summed E-state index contributed by atoms with van der Waals surface area (Å²) >= 11 is 0. The van der Waals surface area contributed by atoms with Crippen LogP contribution in [0.1, 0.15) is 38.7 Å². The van der Waals surface area contributed by atoms with E-state index < -0.39 is 29.9 Å². The Bertz CT molecular complexity index is 992. The quantitative estimate of drug-likeness (QED) is 0.568. The molecule has 0 aromatic heterocycles. The standard InChI is InChI=1S/C23H26N4O4/c1-3-4-13-23(17-9-6-5-7-10-17)21(30)27(22(31)26-23)15-20(29)25-19-12-8-11-18(14-19)24-16(2)28/h5-12,14H,3-4,13,15H2,1-2H3,(H,24,28)(H,25,29)(H,26,31)/t23-/m1/s1. The summed E-state index contributed by atoms with van der Waals surface area (Å²) in [5.74, 6) is -1.17. The van der Waals surface area contributed by atoms with Gasteiger partial charge < -0.3 is 16.0 Å². The fourth-order valence-electron chi connectivity index (χ4n) is 3.67. The number of carbonyl (C=O) groups excluding carboxylic acids is 4. The number of unbranched alkanes of at least 4 members (excludes halogenated alkanes) is 1. The molecule has 2 aromatic carbocycles. The second-order valence-electron chi connectivity index (χ2n) is 7.51. The lowest BCUT2D eigenvalue weighted by atomic mass is 9.85. The zero-order valence-electron chi connectivity index (χ0n) is 17.6. The maximum atomic E-state index is 13.3. The average molecular weight is 422 g/mol. The lowest BCUT2D eigenvalue weighted by Crippen LogP contribution is -2.44. The minimum Gasteiger partial charge on any atom is -0.326 e. The van der Waals surface area contributed by atoms with Gasteiger partial charge in [-0.1, -0.05) is 56.2 Å². The van der Waals surface area contributed by atoms with Gasteiger partial charge in [-0.3, -0.25) is 19.3 Å². The summed E-state index contributed by atoms with van der Waals surface area (Å²) in [5.41, 5.74) is 0.513. The van der Waals surface area contributed by atoms with Crippen LogP contribution in [-0.4, -0.2) is 35.2 Å². The zero-order valence-corrected chi connectivity index (χ0v) is 17.6. The van der Waals surface area contributed by atoms with Gasteiger partial charge in [0, 0.05) is 18.3 Å². The van der Waals surface area contributed by atoms with E-state index in [1.165, 1.54) is 6.92 Å². The summed E-state index contributed by atoms with van der Waals surface area (Å²) in [7, 11) is 0. The number of nitrogens with zero attached hydrogens (tertiary/aromatic N) is 1. The Morgan fingerprint density at radius 1 is 1.00 bits per heavy atom. The predicted octanol–water partition coefficient (Wildman–Crippen LogP) is 3.22. The van der Waals surface area contributed by atoms with Crippen molar-refractivity contribution >= 4 is 35.1 Å². The van der Waals surface area contributed by atoms with Crippen LogP contribution < -0.4 is 16.0 Å². The molecule has 1 fully saturated rings. The normalized spacial score (nSPS) is 17.9. The summed E-state index contributed by atoms with van der Waals surface area (Å²) in [6.45, 7) is 3.00. The number of anilines is 2. The van der Waals surface area contributed by atoms with Crippen LogP contribution in [0, 0.1) is 0 Å². The first kappa shape index (κ1) is 22.0. The first-order chi connectivity index (χ1) is 14.9. The van der Waals surface area contributed by atoms with Crippen molar-refractivity contribution in [2.75, 3.05) is 17.2 Å². The Kier molecular flexibility index (Phi) is 6.69. The first-order valence-corrected chi connectivity index (χ1v) is 10.2. The molecule has 0 bridgehead atoms. The molecule has 1 saturated heterocycles. The van der Waals surface area contributed by atoms with Crippen molar-refractivity contribution in [1.82, 2.24) is 10.2 Å². The number of benzene rings is 2. The molecule has 0 radical (unpaired) electrons. The molecule has 1 aliphatic heterocycles. The second-order valence-corrected chi connectivity index (χ2v) is 7.51. The van der Waals surface area contributed by atoms with Crippen LogP contribution in [0.3, 0.4) is 0 Å². The van der Waals surface area contributed by atoms with E-state index in [4.69, 9.17) is 0 Å². The van der Waals surface area contributed by atoms with Gasteiger partial charge in [-0.15, -0.1) is 0 Å². The predicted molar refractivity (Wildman–Crippen MR) is 117 cm³/mol. The monoisotopic (exact) mass is 422 g/mol. The molecule has 0 aliphatic carbocycles. The Balaban J connectivity index is 1.76. The van der Waals surface area contributed by atoms with E-state index in [-0.39, 0.29) is 5.91 Å². The molecule has 0 unspecified atom stereocenters. The number of nitrogens with one attached hydrogen (secondary N) is 3. The number of imide groups is 1. The maximum absolute atomic E-state index is 13.3. The number of rotatable bonds is 8. The molecular formula is C23H26N4O4. The van der Waals surface area contributed by atoms with Crippen LogP contribution in [0.4, 0.5) is 16.2 Å². The van der Waals surface area contributed by atoms with Gasteiger partial charge >= 0.3 is 6.03 Å². The van der Waals surface area contributed by atoms with E-state index in [1.54, 1.807) is 24.3 Å². The fourth-order valence-corrected chi connectivity index (χ4v) is 3.67. The molecule has 2 aromatic rings. The number of carbonyl (C=O) groups is 4. The molecule has 3 N–H and O–H groups in total. The molecule has 5 amide bonds. The number of amides is 5. The van der Waals surface area contributed by atoms with E-state index in [9.17, 15) is 19.2 Å². The van der Waals surface area contributed by atoms with Gasteiger partial charge in [-0.25, -0.2) is 4.79 Å². The zero-order chi connectivity index (χ0) is 22.4. The molecule has 8 heteroatoms. The van der Waals surface area contributed by atoms with Crippen LogP contribution >= 0.6 is 0 Å². The van der Waals surface area contributed by atoms with Crippen molar-refractivity contribution in [2.24, 2.45) is 0 Å². The molecule has 3 rings (SSSR count). The van der Waals surface area contributed by atoms with Gasteiger partial charge in [0.1, 0.15) is 12.1 Å². The Labute approximate surface area is 181 Å².